The average Bonchev–Trinajstić information content (AvgIpc) is 2.97. The number of anilines is 1. The van der Waals surface area contributed by atoms with Crippen LogP contribution < -0.4 is 10.1 Å². The van der Waals surface area contributed by atoms with Crippen LogP contribution in [0.1, 0.15) is 25.3 Å². The van der Waals surface area contributed by atoms with Crippen molar-refractivity contribution in [1.29, 1.82) is 0 Å². The Bertz CT molecular complexity index is 424. The van der Waals surface area contributed by atoms with E-state index in [1.54, 1.807) is 13.2 Å². The third-order valence-electron chi connectivity index (χ3n) is 2.77. The monoisotopic (exact) mass is 221 g/mol. The summed E-state index contributed by atoms with van der Waals surface area (Å²) in [6.07, 6.45) is 1.46. The van der Waals surface area contributed by atoms with E-state index in [4.69, 9.17) is 4.74 Å². The second-order valence-corrected chi connectivity index (χ2v) is 4.10. The fraction of sp³-hybridized carbons (Fsp3) is 0.417. The molecule has 0 bridgehead atoms. The first-order valence-electron chi connectivity index (χ1n) is 5.24. The highest BCUT2D eigenvalue weighted by molar-refractivity contribution is 5.91. The number of para-hydroxylation sites is 1. The lowest BCUT2D eigenvalue weighted by Crippen LogP contribution is -2.14. The van der Waals surface area contributed by atoms with Gasteiger partial charge in [-0.3, -0.25) is 4.79 Å². The van der Waals surface area contributed by atoms with Crippen molar-refractivity contribution in [3.63, 3.8) is 0 Å². The Morgan fingerprint density at radius 1 is 1.50 bits per heavy atom. The van der Waals surface area contributed by atoms with Crippen molar-refractivity contribution in [3.05, 3.63) is 23.8 Å². The Morgan fingerprint density at radius 3 is 2.69 bits per heavy atom. The quantitative estimate of drug-likeness (QED) is 0.815. The minimum Gasteiger partial charge on any atom is -0.495 e. The molecular weight excluding hydrogens is 206 g/mol. The number of methoxy groups -OCH3 is 1. The SMILES string of the molecule is COc1cccc(C2(O)CC2)c1NC(C)=O. The van der Waals surface area contributed by atoms with Gasteiger partial charge in [0.05, 0.1) is 18.4 Å². The molecule has 0 saturated heterocycles. The summed E-state index contributed by atoms with van der Waals surface area (Å²) in [5.74, 6) is 0.406. The van der Waals surface area contributed by atoms with Crippen molar-refractivity contribution in [2.75, 3.05) is 12.4 Å². The van der Waals surface area contributed by atoms with Gasteiger partial charge in [0.1, 0.15) is 5.75 Å². The van der Waals surface area contributed by atoms with Crippen LogP contribution in [0, 0.1) is 0 Å². The van der Waals surface area contributed by atoms with Gasteiger partial charge in [-0.2, -0.15) is 0 Å². The van der Waals surface area contributed by atoms with E-state index in [0.29, 0.717) is 11.4 Å². The molecule has 0 aliphatic heterocycles. The molecule has 86 valence electrons. The summed E-state index contributed by atoms with van der Waals surface area (Å²) in [6.45, 7) is 1.44. The van der Waals surface area contributed by atoms with E-state index in [9.17, 15) is 9.90 Å². The highest BCUT2D eigenvalue weighted by atomic mass is 16.5. The van der Waals surface area contributed by atoms with Crippen LogP contribution in [0.4, 0.5) is 5.69 Å². The highest BCUT2D eigenvalue weighted by Gasteiger charge is 2.44. The first-order chi connectivity index (χ1) is 7.57. The molecule has 1 fully saturated rings. The van der Waals surface area contributed by atoms with Gasteiger partial charge in [-0.05, 0) is 18.9 Å². The summed E-state index contributed by atoms with van der Waals surface area (Å²) in [5.41, 5.74) is 0.534. The number of hydrogen-bond donors (Lipinski definition) is 2. The molecule has 0 aromatic heterocycles. The minimum absolute atomic E-state index is 0.171. The van der Waals surface area contributed by atoms with Gasteiger partial charge in [-0.1, -0.05) is 12.1 Å². The fourth-order valence-corrected chi connectivity index (χ4v) is 1.78. The van der Waals surface area contributed by atoms with Crippen LogP contribution in [0.25, 0.3) is 0 Å². The van der Waals surface area contributed by atoms with E-state index in [1.165, 1.54) is 6.92 Å². The van der Waals surface area contributed by atoms with Gasteiger partial charge in [0.25, 0.3) is 0 Å². The molecule has 1 aliphatic carbocycles. The summed E-state index contributed by atoms with van der Waals surface area (Å²) in [4.78, 5) is 11.1. The summed E-state index contributed by atoms with van der Waals surface area (Å²) in [5, 5.41) is 12.8. The lowest BCUT2D eigenvalue weighted by atomic mass is 10.0. The molecule has 2 N–H and O–H groups in total. The topological polar surface area (TPSA) is 58.6 Å². The Morgan fingerprint density at radius 2 is 2.19 bits per heavy atom. The van der Waals surface area contributed by atoms with E-state index in [1.807, 2.05) is 12.1 Å². The number of ether oxygens (including phenoxy) is 1. The predicted octanol–water partition coefficient (Wildman–Crippen LogP) is 1.63. The molecule has 0 spiro atoms. The number of aliphatic hydroxyl groups is 1. The molecular formula is C12H15NO3. The van der Waals surface area contributed by atoms with E-state index >= 15 is 0 Å². The van der Waals surface area contributed by atoms with Gasteiger partial charge in [-0.15, -0.1) is 0 Å². The van der Waals surface area contributed by atoms with E-state index in [2.05, 4.69) is 5.32 Å². The predicted molar refractivity (Wildman–Crippen MR) is 60.4 cm³/mol. The number of rotatable bonds is 3. The molecule has 1 aromatic rings. The van der Waals surface area contributed by atoms with Gasteiger partial charge in [0, 0.05) is 12.5 Å². The number of hydrogen-bond acceptors (Lipinski definition) is 3. The van der Waals surface area contributed by atoms with Crippen molar-refractivity contribution >= 4 is 11.6 Å². The normalized spacial score (nSPS) is 16.7. The Labute approximate surface area is 94.2 Å². The highest BCUT2D eigenvalue weighted by Crippen LogP contribution is 2.49. The second kappa shape index (κ2) is 3.79. The molecule has 1 amide bonds. The van der Waals surface area contributed by atoms with Gasteiger partial charge in [0.15, 0.2) is 0 Å². The van der Waals surface area contributed by atoms with Crippen LogP contribution in [0.2, 0.25) is 0 Å². The smallest absolute Gasteiger partial charge is 0.221 e. The molecule has 16 heavy (non-hydrogen) atoms. The number of carbonyl (C=O) groups excluding carboxylic acids is 1. The molecule has 1 saturated carbocycles. The van der Waals surface area contributed by atoms with Gasteiger partial charge in [0.2, 0.25) is 5.91 Å². The maximum absolute atomic E-state index is 11.1. The van der Waals surface area contributed by atoms with Crippen LogP contribution >= 0.6 is 0 Å². The first-order valence-corrected chi connectivity index (χ1v) is 5.24. The molecule has 0 atom stereocenters. The van der Waals surface area contributed by atoms with Gasteiger partial charge < -0.3 is 15.2 Å². The standard InChI is InChI=1S/C12H15NO3/c1-8(14)13-11-9(12(15)6-7-12)4-3-5-10(11)16-2/h3-5,15H,6-7H2,1-2H3,(H,13,14). The van der Waals surface area contributed by atoms with Crippen molar-refractivity contribution < 1.29 is 14.6 Å². The third-order valence-corrected chi connectivity index (χ3v) is 2.77. The minimum atomic E-state index is -0.785. The third kappa shape index (κ3) is 1.88. The zero-order chi connectivity index (χ0) is 11.8. The Kier molecular flexibility index (Phi) is 2.59. The molecule has 0 heterocycles. The maximum atomic E-state index is 11.1. The van der Waals surface area contributed by atoms with Crippen LogP contribution in [0.5, 0.6) is 5.75 Å². The molecule has 1 aromatic carbocycles. The van der Waals surface area contributed by atoms with Crippen molar-refractivity contribution in [2.24, 2.45) is 0 Å². The molecule has 2 rings (SSSR count). The Balaban J connectivity index is 2.46. The van der Waals surface area contributed by atoms with Crippen LogP contribution in [0.15, 0.2) is 18.2 Å². The average molecular weight is 221 g/mol. The Hall–Kier alpha value is -1.55. The van der Waals surface area contributed by atoms with E-state index in [-0.39, 0.29) is 5.91 Å². The largest absolute Gasteiger partial charge is 0.495 e. The molecule has 0 radical (unpaired) electrons. The van der Waals surface area contributed by atoms with Gasteiger partial charge in [-0.25, -0.2) is 0 Å². The summed E-state index contributed by atoms with van der Waals surface area (Å²) >= 11 is 0. The lowest BCUT2D eigenvalue weighted by Gasteiger charge is -2.17. The number of nitrogens with one attached hydrogen (secondary N) is 1. The zero-order valence-corrected chi connectivity index (χ0v) is 9.41. The van der Waals surface area contributed by atoms with Crippen molar-refractivity contribution in [3.8, 4) is 5.75 Å². The fourth-order valence-electron chi connectivity index (χ4n) is 1.78. The molecule has 4 nitrogen and oxygen atoms in total. The first kappa shape index (κ1) is 11.0. The van der Waals surface area contributed by atoms with Crippen molar-refractivity contribution in [1.82, 2.24) is 0 Å². The maximum Gasteiger partial charge on any atom is 0.221 e. The number of benzene rings is 1. The van der Waals surface area contributed by atoms with Crippen LogP contribution in [-0.2, 0) is 10.4 Å². The van der Waals surface area contributed by atoms with Crippen LogP contribution in [0.3, 0.4) is 0 Å². The van der Waals surface area contributed by atoms with Crippen molar-refractivity contribution in [2.45, 2.75) is 25.4 Å². The number of amides is 1. The summed E-state index contributed by atoms with van der Waals surface area (Å²) < 4.78 is 5.18. The molecule has 1 aliphatic rings. The van der Waals surface area contributed by atoms with Gasteiger partial charge >= 0.3 is 0 Å². The van der Waals surface area contributed by atoms with Crippen LogP contribution in [-0.4, -0.2) is 18.1 Å². The van der Waals surface area contributed by atoms with E-state index in [0.717, 1.165) is 18.4 Å². The molecule has 0 unspecified atom stereocenters. The number of carbonyl (C=O) groups is 1. The van der Waals surface area contributed by atoms with E-state index < -0.39 is 5.60 Å². The lowest BCUT2D eigenvalue weighted by molar-refractivity contribution is -0.114. The summed E-state index contributed by atoms with van der Waals surface area (Å²) in [7, 11) is 1.54. The summed E-state index contributed by atoms with van der Waals surface area (Å²) in [6, 6.07) is 5.40. The zero-order valence-electron chi connectivity index (χ0n) is 9.41. The second-order valence-electron chi connectivity index (χ2n) is 4.10. The molecule has 4 heteroatoms.